The van der Waals surface area contributed by atoms with Gasteiger partial charge in [0.05, 0.1) is 11.1 Å². The lowest BCUT2D eigenvalue weighted by Gasteiger charge is -2.19. The number of hydrogen-bond acceptors (Lipinski definition) is 1. The van der Waals surface area contributed by atoms with Gasteiger partial charge in [0.1, 0.15) is 0 Å². The van der Waals surface area contributed by atoms with E-state index in [0.29, 0.717) is 6.04 Å². The molecule has 2 aromatic carbocycles. The van der Waals surface area contributed by atoms with Gasteiger partial charge in [0.25, 0.3) is 0 Å². The second-order valence-electron chi connectivity index (χ2n) is 4.64. The third-order valence-electron chi connectivity index (χ3n) is 3.15. The molecule has 1 N–H and O–H groups in total. The highest BCUT2D eigenvalue weighted by Gasteiger charge is 2.09. The molecule has 0 spiro atoms. The average molecular weight is 339 g/mol. The van der Waals surface area contributed by atoms with E-state index in [4.69, 9.17) is 11.6 Å². The molecule has 3 heteroatoms. The van der Waals surface area contributed by atoms with E-state index in [9.17, 15) is 0 Å². The molecule has 0 radical (unpaired) electrons. The fourth-order valence-corrected chi connectivity index (χ4v) is 2.50. The molecule has 0 bridgehead atoms. The van der Waals surface area contributed by atoms with Crippen molar-refractivity contribution in [1.29, 1.82) is 0 Å². The van der Waals surface area contributed by atoms with Gasteiger partial charge in [-0.15, -0.1) is 0 Å². The van der Waals surface area contributed by atoms with Crippen molar-refractivity contribution in [3.8, 4) is 0 Å². The minimum atomic E-state index is 0.314. The molecular weight excluding hydrogens is 322 g/mol. The maximum Gasteiger partial charge on any atom is 0.0549 e. The first-order valence-electron chi connectivity index (χ1n) is 6.38. The molecule has 0 aromatic heterocycles. The highest BCUT2D eigenvalue weighted by Crippen LogP contribution is 2.29. The van der Waals surface area contributed by atoms with Gasteiger partial charge in [-0.3, -0.25) is 0 Å². The molecule has 100 valence electrons. The zero-order valence-electron chi connectivity index (χ0n) is 11.1. The Labute approximate surface area is 128 Å². The number of aryl methyl sites for hydroxylation is 1. The maximum atomic E-state index is 6.01. The normalized spacial score (nSPS) is 12.2. The summed E-state index contributed by atoms with van der Waals surface area (Å²) < 4.78 is 0.915. The Kier molecular flexibility index (Phi) is 4.89. The summed E-state index contributed by atoms with van der Waals surface area (Å²) in [6, 6.07) is 14.9. The number of halogens is 2. The largest absolute Gasteiger partial charge is 0.378 e. The Morgan fingerprint density at radius 2 is 1.84 bits per heavy atom. The lowest BCUT2D eigenvalue weighted by atomic mass is 10.0. The highest BCUT2D eigenvalue weighted by atomic mass is 79.9. The van der Waals surface area contributed by atoms with Crippen LogP contribution >= 0.6 is 27.5 Å². The first kappa shape index (κ1) is 14.4. The predicted octanol–water partition coefficient (Wildman–Crippen LogP) is 5.97. The summed E-state index contributed by atoms with van der Waals surface area (Å²) in [5.41, 5.74) is 3.66. The third-order valence-corrected chi connectivity index (χ3v) is 4.36. The summed E-state index contributed by atoms with van der Waals surface area (Å²) in [6.07, 6.45) is 1.03. The van der Waals surface area contributed by atoms with Crippen LogP contribution in [0.5, 0.6) is 0 Å². The lowest BCUT2D eigenvalue weighted by Crippen LogP contribution is -2.09. The van der Waals surface area contributed by atoms with E-state index >= 15 is 0 Å². The Morgan fingerprint density at radius 1 is 1.16 bits per heavy atom. The van der Waals surface area contributed by atoms with Crippen molar-refractivity contribution in [3.05, 3.63) is 63.1 Å². The second-order valence-corrected chi connectivity index (χ2v) is 5.91. The summed E-state index contributed by atoms with van der Waals surface area (Å²) in [6.45, 7) is 4.29. The number of benzene rings is 2. The smallest absolute Gasteiger partial charge is 0.0549 e. The summed E-state index contributed by atoms with van der Waals surface area (Å²) in [5, 5.41) is 4.27. The van der Waals surface area contributed by atoms with Crippen molar-refractivity contribution in [2.75, 3.05) is 5.32 Å². The summed E-state index contributed by atoms with van der Waals surface area (Å²) in [5.74, 6) is 0. The maximum absolute atomic E-state index is 6.01. The van der Waals surface area contributed by atoms with Crippen LogP contribution in [0.3, 0.4) is 0 Å². The zero-order valence-corrected chi connectivity index (χ0v) is 13.4. The SMILES string of the molecule is CCC(Nc1ccc(Cl)c(Br)c1)c1ccc(C)cc1. The molecule has 0 heterocycles. The van der Waals surface area contributed by atoms with Gasteiger partial charge >= 0.3 is 0 Å². The van der Waals surface area contributed by atoms with Gasteiger partial charge in [-0.05, 0) is 53.0 Å². The van der Waals surface area contributed by atoms with E-state index in [0.717, 1.165) is 21.6 Å². The predicted molar refractivity (Wildman–Crippen MR) is 87.0 cm³/mol. The number of hydrogen-bond donors (Lipinski definition) is 1. The van der Waals surface area contributed by atoms with E-state index in [-0.39, 0.29) is 0 Å². The first-order valence-corrected chi connectivity index (χ1v) is 7.55. The summed E-state index contributed by atoms with van der Waals surface area (Å²) in [4.78, 5) is 0. The first-order chi connectivity index (χ1) is 9.10. The van der Waals surface area contributed by atoms with Gasteiger partial charge in [0, 0.05) is 10.2 Å². The van der Waals surface area contributed by atoms with Gasteiger partial charge in [-0.1, -0.05) is 48.4 Å². The number of anilines is 1. The van der Waals surface area contributed by atoms with Gasteiger partial charge < -0.3 is 5.32 Å². The fraction of sp³-hybridized carbons (Fsp3) is 0.250. The molecule has 19 heavy (non-hydrogen) atoms. The monoisotopic (exact) mass is 337 g/mol. The van der Waals surface area contributed by atoms with Crippen LogP contribution in [0.4, 0.5) is 5.69 Å². The van der Waals surface area contributed by atoms with Gasteiger partial charge in [0.2, 0.25) is 0 Å². The lowest BCUT2D eigenvalue weighted by molar-refractivity contribution is 0.749. The average Bonchev–Trinajstić information content (AvgIpc) is 2.41. The van der Waals surface area contributed by atoms with Crippen LogP contribution < -0.4 is 5.32 Å². The zero-order chi connectivity index (χ0) is 13.8. The van der Waals surface area contributed by atoms with Crippen molar-refractivity contribution in [1.82, 2.24) is 0 Å². The van der Waals surface area contributed by atoms with Crippen molar-refractivity contribution in [2.45, 2.75) is 26.3 Å². The molecule has 0 fully saturated rings. The topological polar surface area (TPSA) is 12.0 Å². The van der Waals surface area contributed by atoms with Gasteiger partial charge in [-0.25, -0.2) is 0 Å². The Morgan fingerprint density at radius 3 is 2.42 bits per heavy atom. The van der Waals surface area contributed by atoms with Crippen LogP contribution in [0.1, 0.15) is 30.5 Å². The van der Waals surface area contributed by atoms with Gasteiger partial charge in [-0.2, -0.15) is 0 Å². The fourth-order valence-electron chi connectivity index (χ4n) is 2.01. The van der Waals surface area contributed by atoms with E-state index in [1.807, 2.05) is 18.2 Å². The van der Waals surface area contributed by atoms with Crippen LogP contribution in [-0.4, -0.2) is 0 Å². The molecule has 0 saturated heterocycles. The quantitative estimate of drug-likeness (QED) is 0.723. The van der Waals surface area contributed by atoms with Crippen LogP contribution in [-0.2, 0) is 0 Å². The molecule has 1 atom stereocenters. The van der Waals surface area contributed by atoms with Crippen molar-refractivity contribution in [2.24, 2.45) is 0 Å². The summed E-state index contributed by atoms with van der Waals surface area (Å²) >= 11 is 9.46. The molecule has 0 amide bonds. The minimum Gasteiger partial charge on any atom is -0.378 e. The molecule has 0 aliphatic rings. The molecule has 0 saturated carbocycles. The second kappa shape index (κ2) is 6.44. The van der Waals surface area contributed by atoms with E-state index in [1.54, 1.807) is 0 Å². The highest BCUT2D eigenvalue weighted by molar-refractivity contribution is 9.10. The Balaban J connectivity index is 2.18. The van der Waals surface area contributed by atoms with E-state index in [2.05, 4.69) is 59.4 Å². The number of rotatable bonds is 4. The van der Waals surface area contributed by atoms with Crippen molar-refractivity contribution < 1.29 is 0 Å². The number of nitrogens with one attached hydrogen (secondary N) is 1. The van der Waals surface area contributed by atoms with Crippen LogP contribution in [0.2, 0.25) is 5.02 Å². The third kappa shape index (κ3) is 3.74. The molecule has 1 unspecified atom stereocenters. The van der Waals surface area contributed by atoms with Crippen molar-refractivity contribution >= 4 is 33.2 Å². The van der Waals surface area contributed by atoms with Crippen molar-refractivity contribution in [3.63, 3.8) is 0 Å². The van der Waals surface area contributed by atoms with Gasteiger partial charge in [0.15, 0.2) is 0 Å². The Hall–Kier alpha value is -0.990. The molecule has 1 nitrogen and oxygen atoms in total. The molecule has 0 aliphatic carbocycles. The molecule has 0 aliphatic heterocycles. The Bertz CT molecular complexity index is 551. The van der Waals surface area contributed by atoms with E-state index < -0.39 is 0 Å². The standard InChI is InChI=1S/C16H17BrClN/c1-3-16(12-6-4-11(2)5-7-12)19-13-8-9-15(18)14(17)10-13/h4-10,16,19H,3H2,1-2H3. The van der Waals surface area contributed by atoms with Crippen LogP contribution in [0, 0.1) is 6.92 Å². The van der Waals surface area contributed by atoms with E-state index in [1.165, 1.54) is 11.1 Å². The van der Waals surface area contributed by atoms with Crippen LogP contribution in [0.15, 0.2) is 46.9 Å². The molecular formula is C16H17BrClN. The minimum absolute atomic E-state index is 0.314. The molecule has 2 rings (SSSR count). The summed E-state index contributed by atoms with van der Waals surface area (Å²) in [7, 11) is 0. The van der Waals surface area contributed by atoms with Crippen LogP contribution in [0.25, 0.3) is 0 Å². The molecule has 2 aromatic rings.